The highest BCUT2D eigenvalue weighted by atomic mass is 16.5. The Bertz CT molecular complexity index is 434. The fourth-order valence-corrected chi connectivity index (χ4v) is 2.86. The van der Waals surface area contributed by atoms with Crippen molar-refractivity contribution >= 4 is 12.0 Å². The molecule has 3 atom stereocenters. The number of hydrogen-bond acceptors (Lipinski definition) is 4. The molecule has 1 N–H and O–H groups in total. The van der Waals surface area contributed by atoms with E-state index in [-0.39, 0.29) is 18.5 Å². The van der Waals surface area contributed by atoms with Crippen molar-refractivity contribution in [2.75, 3.05) is 26.2 Å². The third kappa shape index (κ3) is 2.85. The number of ether oxygens (including phenoxy) is 1. The highest BCUT2D eigenvalue weighted by Gasteiger charge is 2.39. The maximum Gasteiger partial charge on any atom is 0.326 e. The minimum atomic E-state index is -0.962. The van der Waals surface area contributed by atoms with Gasteiger partial charge in [0.15, 0.2) is 6.10 Å². The third-order valence-corrected chi connectivity index (χ3v) is 3.91. The van der Waals surface area contributed by atoms with Crippen molar-refractivity contribution in [3.8, 4) is 6.07 Å². The number of amides is 2. The van der Waals surface area contributed by atoms with Crippen LogP contribution in [0, 0.1) is 17.2 Å². The van der Waals surface area contributed by atoms with Crippen LogP contribution in [0.1, 0.15) is 19.8 Å². The highest BCUT2D eigenvalue weighted by Crippen LogP contribution is 2.25. The van der Waals surface area contributed by atoms with Crippen LogP contribution in [-0.2, 0) is 9.53 Å². The Kier molecular flexibility index (Phi) is 4.45. The summed E-state index contributed by atoms with van der Waals surface area (Å²) in [5.41, 5.74) is 0. The summed E-state index contributed by atoms with van der Waals surface area (Å²) in [5.74, 6) is -1.02. The van der Waals surface area contributed by atoms with Gasteiger partial charge in [-0.25, -0.2) is 9.59 Å². The maximum absolute atomic E-state index is 12.5. The SMILES string of the molecule is CC1CCCN(C(=O)N2CCOC(C#N)C2)C1C(=O)O. The second-order valence-corrected chi connectivity index (χ2v) is 5.31. The van der Waals surface area contributed by atoms with Gasteiger partial charge in [-0.05, 0) is 18.8 Å². The van der Waals surface area contributed by atoms with Crippen molar-refractivity contribution in [3.63, 3.8) is 0 Å². The van der Waals surface area contributed by atoms with Gasteiger partial charge in [0.1, 0.15) is 6.04 Å². The van der Waals surface area contributed by atoms with Crippen LogP contribution in [0.4, 0.5) is 4.79 Å². The molecule has 7 heteroatoms. The van der Waals surface area contributed by atoms with Gasteiger partial charge in [-0.3, -0.25) is 0 Å². The Morgan fingerprint density at radius 1 is 1.40 bits per heavy atom. The number of rotatable bonds is 1. The van der Waals surface area contributed by atoms with E-state index in [1.165, 1.54) is 9.80 Å². The smallest absolute Gasteiger partial charge is 0.326 e. The predicted octanol–water partition coefficient (Wildman–Crippen LogP) is 0.516. The van der Waals surface area contributed by atoms with Crippen molar-refractivity contribution in [1.82, 2.24) is 9.80 Å². The first-order valence-electron chi connectivity index (χ1n) is 6.84. The predicted molar refractivity (Wildman–Crippen MR) is 68.8 cm³/mol. The number of carboxylic acids is 1. The van der Waals surface area contributed by atoms with Crippen molar-refractivity contribution < 1.29 is 19.4 Å². The first kappa shape index (κ1) is 14.6. The quantitative estimate of drug-likeness (QED) is 0.756. The molecule has 0 aromatic rings. The van der Waals surface area contributed by atoms with Crippen LogP contribution in [0.25, 0.3) is 0 Å². The molecule has 0 aliphatic carbocycles. The fourth-order valence-electron chi connectivity index (χ4n) is 2.86. The number of nitrogens with zero attached hydrogens (tertiary/aromatic N) is 3. The third-order valence-electron chi connectivity index (χ3n) is 3.91. The van der Waals surface area contributed by atoms with Crippen LogP contribution in [0.2, 0.25) is 0 Å². The molecule has 0 aromatic carbocycles. The molecule has 20 heavy (non-hydrogen) atoms. The molecule has 2 rings (SSSR count). The lowest BCUT2D eigenvalue weighted by Gasteiger charge is -2.41. The van der Waals surface area contributed by atoms with Crippen LogP contribution in [0.15, 0.2) is 0 Å². The lowest BCUT2D eigenvalue weighted by Crippen LogP contribution is -2.58. The zero-order chi connectivity index (χ0) is 14.7. The summed E-state index contributed by atoms with van der Waals surface area (Å²) in [4.78, 5) is 26.8. The molecule has 0 bridgehead atoms. The van der Waals surface area contributed by atoms with Crippen LogP contribution < -0.4 is 0 Å². The normalized spacial score (nSPS) is 30.7. The standard InChI is InChI=1S/C13H19N3O4/c1-9-3-2-4-16(11(9)12(17)18)13(19)15-5-6-20-10(7-14)8-15/h9-11H,2-6,8H2,1H3,(H,17,18). The second kappa shape index (κ2) is 6.09. The minimum Gasteiger partial charge on any atom is -0.480 e. The summed E-state index contributed by atoms with van der Waals surface area (Å²) in [6.45, 7) is 3.22. The largest absolute Gasteiger partial charge is 0.480 e. The summed E-state index contributed by atoms with van der Waals surface area (Å²) in [6.07, 6.45) is 0.992. The molecule has 3 unspecified atom stereocenters. The number of aliphatic carboxylic acids is 1. The number of hydrogen-bond donors (Lipinski definition) is 1. The Hall–Kier alpha value is -1.81. The van der Waals surface area contributed by atoms with Crippen molar-refractivity contribution in [1.29, 1.82) is 5.26 Å². The van der Waals surface area contributed by atoms with Gasteiger partial charge in [0, 0.05) is 13.1 Å². The molecule has 2 fully saturated rings. The van der Waals surface area contributed by atoms with Gasteiger partial charge in [0.2, 0.25) is 0 Å². The highest BCUT2D eigenvalue weighted by molar-refractivity contribution is 5.83. The number of likely N-dealkylation sites (tertiary alicyclic amines) is 1. The molecule has 0 aromatic heterocycles. The number of morpholine rings is 1. The number of carboxylic acid groups (broad SMARTS) is 1. The fraction of sp³-hybridized carbons (Fsp3) is 0.769. The maximum atomic E-state index is 12.5. The topological polar surface area (TPSA) is 93.9 Å². The van der Waals surface area contributed by atoms with E-state index in [0.717, 1.165) is 12.8 Å². The molecule has 2 heterocycles. The number of urea groups is 1. The molecule has 2 aliphatic heterocycles. The zero-order valence-electron chi connectivity index (χ0n) is 11.5. The molecule has 0 saturated carbocycles. The van der Waals surface area contributed by atoms with Crippen LogP contribution >= 0.6 is 0 Å². The van der Waals surface area contributed by atoms with Gasteiger partial charge in [-0.1, -0.05) is 6.92 Å². The first-order valence-corrected chi connectivity index (χ1v) is 6.84. The van der Waals surface area contributed by atoms with Gasteiger partial charge in [-0.15, -0.1) is 0 Å². The van der Waals surface area contributed by atoms with Gasteiger partial charge < -0.3 is 19.6 Å². The lowest BCUT2D eigenvalue weighted by atomic mass is 9.91. The molecule has 110 valence electrons. The van der Waals surface area contributed by atoms with Crippen molar-refractivity contribution in [2.45, 2.75) is 31.9 Å². The van der Waals surface area contributed by atoms with Crippen LogP contribution in [0.3, 0.4) is 0 Å². The van der Waals surface area contributed by atoms with E-state index in [2.05, 4.69) is 0 Å². The summed E-state index contributed by atoms with van der Waals surface area (Å²) in [6, 6.07) is 0.907. The molecule has 0 radical (unpaired) electrons. The Morgan fingerprint density at radius 3 is 2.80 bits per heavy atom. The molecular weight excluding hydrogens is 262 g/mol. The van der Waals surface area contributed by atoms with Crippen LogP contribution in [0.5, 0.6) is 0 Å². The molecule has 2 saturated heterocycles. The summed E-state index contributed by atoms with van der Waals surface area (Å²) in [5, 5.41) is 18.2. The zero-order valence-corrected chi connectivity index (χ0v) is 11.5. The first-order chi connectivity index (χ1) is 9.54. The molecule has 0 spiro atoms. The monoisotopic (exact) mass is 281 g/mol. The Morgan fingerprint density at radius 2 is 2.15 bits per heavy atom. The van der Waals surface area contributed by atoms with Gasteiger partial charge >= 0.3 is 12.0 Å². The molecule has 2 amide bonds. The Labute approximate surface area is 117 Å². The number of carbonyl (C=O) groups is 2. The van der Waals surface area contributed by atoms with E-state index in [0.29, 0.717) is 19.7 Å². The van der Waals surface area contributed by atoms with Gasteiger partial charge in [-0.2, -0.15) is 5.26 Å². The minimum absolute atomic E-state index is 0.0574. The molecular formula is C13H19N3O4. The van der Waals surface area contributed by atoms with Gasteiger partial charge in [0.25, 0.3) is 0 Å². The van der Waals surface area contributed by atoms with E-state index in [4.69, 9.17) is 10.00 Å². The van der Waals surface area contributed by atoms with E-state index < -0.39 is 18.1 Å². The lowest BCUT2D eigenvalue weighted by molar-refractivity contribution is -0.145. The van der Waals surface area contributed by atoms with E-state index in [1.807, 2.05) is 13.0 Å². The van der Waals surface area contributed by atoms with E-state index in [9.17, 15) is 14.7 Å². The number of nitriles is 1. The second-order valence-electron chi connectivity index (χ2n) is 5.31. The summed E-state index contributed by atoms with van der Waals surface area (Å²) < 4.78 is 5.20. The number of carbonyl (C=O) groups excluding carboxylic acids is 1. The average molecular weight is 281 g/mol. The van der Waals surface area contributed by atoms with Gasteiger partial charge in [0.05, 0.1) is 19.2 Å². The average Bonchev–Trinajstić information content (AvgIpc) is 2.45. The molecule has 2 aliphatic rings. The van der Waals surface area contributed by atoms with E-state index in [1.54, 1.807) is 0 Å². The van der Waals surface area contributed by atoms with Crippen LogP contribution in [-0.4, -0.2) is 65.3 Å². The van der Waals surface area contributed by atoms with E-state index >= 15 is 0 Å². The number of piperidine rings is 1. The van der Waals surface area contributed by atoms with Crippen molar-refractivity contribution in [2.24, 2.45) is 5.92 Å². The Balaban J connectivity index is 2.10. The summed E-state index contributed by atoms with van der Waals surface area (Å²) >= 11 is 0. The van der Waals surface area contributed by atoms with Crippen molar-refractivity contribution in [3.05, 3.63) is 0 Å². The molecule has 7 nitrogen and oxygen atoms in total. The summed E-state index contributed by atoms with van der Waals surface area (Å²) in [7, 11) is 0.